The summed E-state index contributed by atoms with van der Waals surface area (Å²) < 4.78 is 31.7. The van der Waals surface area contributed by atoms with E-state index in [1.165, 1.54) is 13.0 Å². The number of ether oxygens (including phenoxy) is 1. The highest BCUT2D eigenvalue weighted by atomic mass is 19.1. The fourth-order valence-electron chi connectivity index (χ4n) is 3.78. The van der Waals surface area contributed by atoms with E-state index in [1.807, 2.05) is 52.0 Å². The van der Waals surface area contributed by atoms with Gasteiger partial charge in [-0.1, -0.05) is 18.2 Å². The maximum Gasteiger partial charge on any atom is 0.457 e. The molecule has 0 spiro atoms. The lowest BCUT2D eigenvalue weighted by Gasteiger charge is -2.32. The third-order valence-electron chi connectivity index (χ3n) is 6.28. The number of ketones is 1. The molecule has 1 atom stereocenters. The lowest BCUT2D eigenvalue weighted by Crippen LogP contribution is -2.41. The number of carbonyl (C=O) groups excluding carboxylic acids is 1. The lowest BCUT2D eigenvalue weighted by molar-refractivity contribution is 0.00578. The quantitative estimate of drug-likeness (QED) is 0.436. The van der Waals surface area contributed by atoms with Gasteiger partial charge in [-0.2, -0.15) is 0 Å². The Labute approximate surface area is 178 Å². The van der Waals surface area contributed by atoms with Crippen molar-refractivity contribution in [3.05, 3.63) is 65.0 Å². The minimum atomic E-state index is -0.495. The van der Waals surface area contributed by atoms with Crippen LogP contribution >= 0.6 is 0 Å². The number of benzene rings is 2. The van der Waals surface area contributed by atoms with Gasteiger partial charge in [0.1, 0.15) is 11.6 Å². The summed E-state index contributed by atoms with van der Waals surface area (Å²) >= 11 is 0. The average Bonchev–Trinajstić information content (AvgIpc) is 2.89. The minimum absolute atomic E-state index is 0.0337. The molecule has 1 aliphatic rings. The molecular formula is C24H30BFO4. The van der Waals surface area contributed by atoms with Crippen molar-refractivity contribution in [1.82, 2.24) is 0 Å². The molecular weight excluding hydrogens is 382 g/mol. The third-order valence-corrected chi connectivity index (χ3v) is 6.28. The van der Waals surface area contributed by atoms with Crippen molar-refractivity contribution in [3.8, 4) is 5.75 Å². The van der Waals surface area contributed by atoms with Crippen molar-refractivity contribution < 1.29 is 23.2 Å². The molecule has 1 saturated heterocycles. The molecule has 0 aromatic heterocycles. The first kappa shape index (κ1) is 22.5. The van der Waals surface area contributed by atoms with E-state index in [0.717, 1.165) is 23.3 Å². The van der Waals surface area contributed by atoms with Gasteiger partial charge >= 0.3 is 7.12 Å². The van der Waals surface area contributed by atoms with Crippen LogP contribution in [-0.4, -0.2) is 31.2 Å². The van der Waals surface area contributed by atoms with Crippen LogP contribution in [0.2, 0.25) is 6.32 Å². The van der Waals surface area contributed by atoms with Crippen LogP contribution in [0.3, 0.4) is 0 Å². The minimum Gasteiger partial charge on any atom is -0.497 e. The molecule has 1 fully saturated rings. The average molecular weight is 412 g/mol. The Bertz CT molecular complexity index is 892. The molecule has 0 aliphatic carbocycles. The summed E-state index contributed by atoms with van der Waals surface area (Å²) in [6, 6.07) is 12.6. The first-order valence-electron chi connectivity index (χ1n) is 10.3. The van der Waals surface area contributed by atoms with Gasteiger partial charge in [-0.05, 0) is 82.8 Å². The summed E-state index contributed by atoms with van der Waals surface area (Å²) in [6.45, 7) is 9.52. The number of rotatable bonds is 7. The molecule has 2 aromatic carbocycles. The van der Waals surface area contributed by atoms with Gasteiger partial charge in [0.25, 0.3) is 0 Å². The summed E-state index contributed by atoms with van der Waals surface area (Å²) in [5, 5.41) is 0. The van der Waals surface area contributed by atoms with E-state index in [4.69, 9.17) is 14.0 Å². The van der Waals surface area contributed by atoms with E-state index in [0.29, 0.717) is 6.32 Å². The summed E-state index contributed by atoms with van der Waals surface area (Å²) in [5.74, 6) is -0.0416. The van der Waals surface area contributed by atoms with Crippen LogP contribution < -0.4 is 4.74 Å². The molecule has 3 rings (SSSR count). The van der Waals surface area contributed by atoms with Gasteiger partial charge in [0.15, 0.2) is 5.78 Å². The molecule has 0 saturated carbocycles. The molecule has 30 heavy (non-hydrogen) atoms. The topological polar surface area (TPSA) is 44.8 Å². The van der Waals surface area contributed by atoms with E-state index in [9.17, 15) is 9.18 Å². The van der Waals surface area contributed by atoms with Crippen LogP contribution in [0.4, 0.5) is 4.39 Å². The van der Waals surface area contributed by atoms with Crippen molar-refractivity contribution in [1.29, 1.82) is 0 Å². The van der Waals surface area contributed by atoms with Crippen LogP contribution in [0.25, 0.3) is 0 Å². The van der Waals surface area contributed by atoms with Gasteiger partial charge in [-0.15, -0.1) is 0 Å². The zero-order valence-corrected chi connectivity index (χ0v) is 18.6. The van der Waals surface area contributed by atoms with Crippen molar-refractivity contribution in [2.24, 2.45) is 0 Å². The zero-order chi connectivity index (χ0) is 22.1. The Morgan fingerprint density at radius 1 is 1.03 bits per heavy atom. The van der Waals surface area contributed by atoms with Crippen LogP contribution in [0.1, 0.15) is 68.4 Å². The Kier molecular flexibility index (Phi) is 6.39. The maximum absolute atomic E-state index is 14.1. The Balaban J connectivity index is 1.89. The van der Waals surface area contributed by atoms with Crippen molar-refractivity contribution in [3.63, 3.8) is 0 Å². The largest absolute Gasteiger partial charge is 0.497 e. The standard InChI is InChI=1S/C24H30BFO4/c1-16(27)21-15-18(9-12-22(21)26)20(17-7-10-19(28-6)11-8-17)13-14-25-29-23(2,3)24(4,5)30-25/h7-12,15,20H,13-14H2,1-6H3/t20-/m1/s1. The molecule has 1 heterocycles. The zero-order valence-electron chi connectivity index (χ0n) is 18.6. The normalized spacial score (nSPS) is 18.3. The smallest absolute Gasteiger partial charge is 0.457 e. The summed E-state index contributed by atoms with van der Waals surface area (Å²) in [5.41, 5.74) is 1.30. The second kappa shape index (κ2) is 8.52. The molecule has 0 N–H and O–H groups in total. The van der Waals surface area contributed by atoms with Crippen molar-refractivity contribution in [2.75, 3.05) is 7.11 Å². The highest BCUT2D eigenvalue weighted by molar-refractivity contribution is 6.45. The van der Waals surface area contributed by atoms with Gasteiger partial charge in [0, 0.05) is 5.92 Å². The third kappa shape index (κ3) is 4.60. The van der Waals surface area contributed by atoms with E-state index in [2.05, 4.69) is 0 Å². The summed E-state index contributed by atoms with van der Waals surface area (Å²) in [7, 11) is 1.31. The van der Waals surface area contributed by atoms with Crippen LogP contribution in [0.5, 0.6) is 5.75 Å². The predicted octanol–water partition coefficient (Wildman–Crippen LogP) is 5.65. The number of halogens is 1. The monoisotopic (exact) mass is 412 g/mol. The Morgan fingerprint density at radius 2 is 1.60 bits per heavy atom. The van der Waals surface area contributed by atoms with E-state index in [-0.39, 0.29) is 35.6 Å². The number of methoxy groups -OCH3 is 1. The molecule has 2 aromatic rings. The molecule has 6 heteroatoms. The summed E-state index contributed by atoms with van der Waals surface area (Å²) in [6.07, 6.45) is 1.41. The molecule has 0 unspecified atom stereocenters. The first-order chi connectivity index (χ1) is 14.0. The second-order valence-corrected chi connectivity index (χ2v) is 8.88. The molecule has 4 nitrogen and oxygen atoms in total. The van der Waals surface area contributed by atoms with Gasteiger partial charge in [-0.3, -0.25) is 4.79 Å². The number of Topliss-reactive ketones (excluding diaryl/α,β-unsaturated/α-hetero) is 1. The maximum atomic E-state index is 14.1. The Hall–Kier alpha value is -2.18. The molecule has 1 aliphatic heterocycles. The molecule has 160 valence electrons. The fourth-order valence-corrected chi connectivity index (χ4v) is 3.78. The summed E-state index contributed by atoms with van der Waals surface area (Å²) in [4.78, 5) is 11.9. The number of hydrogen-bond acceptors (Lipinski definition) is 4. The predicted molar refractivity (Wildman–Crippen MR) is 117 cm³/mol. The van der Waals surface area contributed by atoms with Gasteiger partial charge in [0.05, 0.1) is 23.9 Å². The van der Waals surface area contributed by atoms with E-state index < -0.39 is 5.82 Å². The molecule has 0 radical (unpaired) electrons. The highest BCUT2D eigenvalue weighted by Gasteiger charge is 2.50. The number of hydrogen-bond donors (Lipinski definition) is 0. The van der Waals surface area contributed by atoms with Gasteiger partial charge in [0.2, 0.25) is 0 Å². The SMILES string of the molecule is COc1ccc([C@@H](CCB2OC(C)(C)C(C)(C)O2)c2ccc(F)c(C(C)=O)c2)cc1. The first-order valence-corrected chi connectivity index (χ1v) is 10.3. The fraction of sp³-hybridized carbons (Fsp3) is 0.458. The highest BCUT2D eigenvalue weighted by Crippen LogP contribution is 2.40. The van der Waals surface area contributed by atoms with E-state index >= 15 is 0 Å². The van der Waals surface area contributed by atoms with Crippen LogP contribution in [0, 0.1) is 5.82 Å². The van der Waals surface area contributed by atoms with Gasteiger partial charge in [-0.25, -0.2) is 4.39 Å². The second-order valence-electron chi connectivity index (χ2n) is 8.88. The van der Waals surface area contributed by atoms with Crippen LogP contribution in [-0.2, 0) is 9.31 Å². The molecule has 0 bridgehead atoms. The molecule has 0 amide bonds. The van der Waals surface area contributed by atoms with Gasteiger partial charge < -0.3 is 14.0 Å². The van der Waals surface area contributed by atoms with Crippen molar-refractivity contribution in [2.45, 2.75) is 64.5 Å². The van der Waals surface area contributed by atoms with Crippen molar-refractivity contribution >= 4 is 12.9 Å². The number of carbonyl (C=O) groups is 1. The Morgan fingerprint density at radius 3 is 2.13 bits per heavy atom. The van der Waals surface area contributed by atoms with E-state index in [1.54, 1.807) is 19.2 Å². The van der Waals surface area contributed by atoms with Crippen LogP contribution in [0.15, 0.2) is 42.5 Å². The lowest BCUT2D eigenvalue weighted by atomic mass is 9.76.